The van der Waals surface area contributed by atoms with Crippen molar-refractivity contribution in [1.29, 1.82) is 0 Å². The van der Waals surface area contributed by atoms with E-state index in [1.165, 1.54) is 35.0 Å². The van der Waals surface area contributed by atoms with Gasteiger partial charge < -0.3 is 5.32 Å². The van der Waals surface area contributed by atoms with Crippen LogP contribution >= 0.6 is 11.8 Å². The van der Waals surface area contributed by atoms with Crippen LogP contribution in [0, 0.1) is 13.8 Å². The molecular formula is C20H26N2O3S2. The Labute approximate surface area is 166 Å². The van der Waals surface area contributed by atoms with Crippen molar-refractivity contribution < 1.29 is 13.2 Å². The Morgan fingerprint density at radius 3 is 2.15 bits per heavy atom. The Bertz CT molecular complexity index is 907. The van der Waals surface area contributed by atoms with Crippen LogP contribution in [-0.2, 0) is 14.8 Å². The Kier molecular flexibility index (Phi) is 7.08. The van der Waals surface area contributed by atoms with Crippen LogP contribution in [0.2, 0.25) is 0 Å². The van der Waals surface area contributed by atoms with Crippen molar-refractivity contribution in [2.75, 3.05) is 5.32 Å². The Morgan fingerprint density at radius 2 is 1.59 bits per heavy atom. The summed E-state index contributed by atoms with van der Waals surface area (Å²) in [7, 11) is -3.54. The highest BCUT2D eigenvalue weighted by Gasteiger charge is 2.17. The van der Waals surface area contributed by atoms with Crippen LogP contribution in [0.3, 0.4) is 0 Å². The van der Waals surface area contributed by atoms with Gasteiger partial charge in [-0.1, -0.05) is 6.07 Å². The van der Waals surface area contributed by atoms with Gasteiger partial charge in [-0.2, -0.15) is 0 Å². The lowest BCUT2D eigenvalue weighted by Gasteiger charge is -2.14. The molecule has 0 fully saturated rings. The van der Waals surface area contributed by atoms with Gasteiger partial charge in [0.15, 0.2) is 0 Å². The van der Waals surface area contributed by atoms with Gasteiger partial charge in [0.1, 0.15) is 0 Å². The van der Waals surface area contributed by atoms with Crippen LogP contribution in [0.25, 0.3) is 0 Å². The number of thioether (sulfide) groups is 1. The minimum Gasteiger partial charge on any atom is -0.325 e. The molecule has 0 aliphatic carbocycles. The van der Waals surface area contributed by atoms with E-state index >= 15 is 0 Å². The largest absolute Gasteiger partial charge is 0.325 e. The van der Waals surface area contributed by atoms with Gasteiger partial charge in [0, 0.05) is 16.6 Å². The molecular weight excluding hydrogens is 380 g/mol. The molecule has 0 aliphatic rings. The van der Waals surface area contributed by atoms with Gasteiger partial charge in [-0.05, 0) is 82.1 Å². The minimum absolute atomic E-state index is 0.130. The van der Waals surface area contributed by atoms with Gasteiger partial charge in [-0.15, -0.1) is 11.8 Å². The van der Waals surface area contributed by atoms with E-state index in [2.05, 4.69) is 23.0 Å². The molecule has 2 aromatic rings. The highest BCUT2D eigenvalue weighted by molar-refractivity contribution is 8.00. The number of carbonyl (C=O) groups excluding carboxylic acids is 1. The first-order chi connectivity index (χ1) is 12.6. The molecule has 2 aromatic carbocycles. The average molecular weight is 407 g/mol. The van der Waals surface area contributed by atoms with E-state index in [0.29, 0.717) is 5.69 Å². The lowest BCUT2D eigenvalue weighted by molar-refractivity contribution is -0.115. The van der Waals surface area contributed by atoms with E-state index in [1.807, 2.05) is 26.0 Å². The van der Waals surface area contributed by atoms with E-state index in [-0.39, 0.29) is 22.1 Å². The molecule has 0 spiro atoms. The molecule has 5 nitrogen and oxygen atoms in total. The first-order valence-corrected chi connectivity index (χ1v) is 11.1. The van der Waals surface area contributed by atoms with Gasteiger partial charge in [-0.25, -0.2) is 13.1 Å². The van der Waals surface area contributed by atoms with E-state index in [1.54, 1.807) is 26.0 Å². The standard InChI is InChI=1S/C20H26N2O3S2/c1-13(2)22-27(24,25)19-10-7-17(8-11-19)21-20(23)16(5)26-18-9-6-14(3)15(4)12-18/h6-13,16,22H,1-5H3,(H,21,23)/t16-/m1/s1. The van der Waals surface area contributed by atoms with Gasteiger partial charge in [-0.3, -0.25) is 4.79 Å². The lowest BCUT2D eigenvalue weighted by Crippen LogP contribution is -2.30. The second kappa shape index (κ2) is 8.91. The van der Waals surface area contributed by atoms with E-state index in [0.717, 1.165) is 4.90 Å². The van der Waals surface area contributed by atoms with Crippen molar-refractivity contribution in [3.8, 4) is 0 Å². The number of hydrogen-bond donors (Lipinski definition) is 2. The highest BCUT2D eigenvalue weighted by atomic mass is 32.2. The highest BCUT2D eigenvalue weighted by Crippen LogP contribution is 2.26. The molecule has 0 radical (unpaired) electrons. The molecule has 0 unspecified atom stereocenters. The Morgan fingerprint density at radius 1 is 0.963 bits per heavy atom. The molecule has 2 rings (SSSR count). The van der Waals surface area contributed by atoms with Crippen LogP contribution in [-0.4, -0.2) is 25.6 Å². The Hall–Kier alpha value is -1.83. The number of anilines is 1. The smallest absolute Gasteiger partial charge is 0.240 e. The normalized spacial score (nSPS) is 12.8. The molecule has 0 bridgehead atoms. The number of rotatable bonds is 7. The second-order valence-electron chi connectivity index (χ2n) is 6.80. The van der Waals surface area contributed by atoms with Crippen LogP contribution in [0.4, 0.5) is 5.69 Å². The second-order valence-corrected chi connectivity index (χ2v) is 9.92. The molecule has 7 heteroatoms. The monoisotopic (exact) mass is 406 g/mol. The molecule has 1 amide bonds. The summed E-state index contributed by atoms with van der Waals surface area (Å²) in [6, 6.07) is 12.1. The summed E-state index contributed by atoms with van der Waals surface area (Å²) in [6.45, 7) is 9.48. The van der Waals surface area contributed by atoms with Gasteiger partial charge >= 0.3 is 0 Å². The lowest BCUT2D eigenvalue weighted by atomic mass is 10.1. The molecule has 27 heavy (non-hydrogen) atoms. The number of carbonyl (C=O) groups is 1. The third kappa shape index (κ3) is 6.09. The van der Waals surface area contributed by atoms with Crippen molar-refractivity contribution in [2.45, 2.75) is 55.7 Å². The van der Waals surface area contributed by atoms with Crippen LogP contribution < -0.4 is 10.0 Å². The quantitative estimate of drug-likeness (QED) is 0.679. The molecule has 0 heterocycles. The molecule has 0 aliphatic heterocycles. The zero-order valence-corrected chi connectivity index (χ0v) is 17.9. The van der Waals surface area contributed by atoms with Gasteiger partial charge in [0.05, 0.1) is 10.1 Å². The maximum Gasteiger partial charge on any atom is 0.240 e. The number of amides is 1. The molecule has 146 valence electrons. The number of sulfonamides is 1. The number of benzene rings is 2. The van der Waals surface area contributed by atoms with E-state index in [4.69, 9.17) is 0 Å². The average Bonchev–Trinajstić information content (AvgIpc) is 2.57. The topological polar surface area (TPSA) is 75.3 Å². The number of hydrogen-bond acceptors (Lipinski definition) is 4. The van der Waals surface area contributed by atoms with Gasteiger partial charge in [0.2, 0.25) is 15.9 Å². The third-order valence-corrected chi connectivity index (χ3v) is 6.75. The molecule has 0 saturated heterocycles. The summed E-state index contributed by atoms with van der Waals surface area (Å²) < 4.78 is 26.8. The predicted octanol–water partition coefficient (Wildman–Crippen LogP) is 4.11. The fourth-order valence-corrected chi connectivity index (χ4v) is 4.60. The van der Waals surface area contributed by atoms with Crippen molar-refractivity contribution >= 4 is 33.4 Å². The molecule has 0 aromatic heterocycles. The summed E-state index contributed by atoms with van der Waals surface area (Å²) in [6.07, 6.45) is 0. The van der Waals surface area contributed by atoms with E-state index in [9.17, 15) is 13.2 Å². The number of nitrogens with one attached hydrogen (secondary N) is 2. The fourth-order valence-electron chi connectivity index (χ4n) is 2.38. The number of aryl methyl sites for hydroxylation is 2. The molecule has 2 N–H and O–H groups in total. The Balaban J connectivity index is 2.01. The molecule has 0 saturated carbocycles. The summed E-state index contributed by atoms with van der Waals surface area (Å²) >= 11 is 1.49. The predicted molar refractivity (Wildman–Crippen MR) is 112 cm³/mol. The SMILES string of the molecule is Cc1ccc(S[C@H](C)C(=O)Nc2ccc(S(=O)(=O)NC(C)C)cc2)cc1C. The van der Waals surface area contributed by atoms with Crippen molar-refractivity contribution in [3.63, 3.8) is 0 Å². The first kappa shape index (κ1) is 21.5. The van der Waals surface area contributed by atoms with Gasteiger partial charge in [0.25, 0.3) is 0 Å². The van der Waals surface area contributed by atoms with Crippen molar-refractivity contribution in [2.24, 2.45) is 0 Å². The molecule has 1 atom stereocenters. The minimum atomic E-state index is -3.54. The fraction of sp³-hybridized carbons (Fsp3) is 0.350. The first-order valence-electron chi connectivity index (χ1n) is 8.75. The summed E-state index contributed by atoms with van der Waals surface area (Å²) in [5.74, 6) is -0.130. The maximum absolute atomic E-state index is 12.4. The summed E-state index contributed by atoms with van der Waals surface area (Å²) in [5, 5.41) is 2.55. The zero-order valence-electron chi connectivity index (χ0n) is 16.2. The van der Waals surface area contributed by atoms with Crippen LogP contribution in [0.15, 0.2) is 52.3 Å². The van der Waals surface area contributed by atoms with Crippen molar-refractivity contribution in [1.82, 2.24) is 4.72 Å². The van der Waals surface area contributed by atoms with Crippen LogP contribution in [0.1, 0.15) is 31.9 Å². The van der Waals surface area contributed by atoms with Crippen molar-refractivity contribution in [3.05, 3.63) is 53.6 Å². The summed E-state index contributed by atoms with van der Waals surface area (Å²) in [5.41, 5.74) is 2.98. The maximum atomic E-state index is 12.4. The summed E-state index contributed by atoms with van der Waals surface area (Å²) in [4.78, 5) is 13.6. The zero-order chi connectivity index (χ0) is 20.2. The third-order valence-electron chi connectivity index (χ3n) is 3.98. The van der Waals surface area contributed by atoms with E-state index < -0.39 is 10.0 Å². The van der Waals surface area contributed by atoms with Crippen LogP contribution in [0.5, 0.6) is 0 Å².